The van der Waals surface area contributed by atoms with Crippen LogP contribution in [0.4, 0.5) is 0 Å². The first-order valence-corrected chi connectivity index (χ1v) is 9.45. The van der Waals surface area contributed by atoms with E-state index in [9.17, 15) is 5.11 Å². The van der Waals surface area contributed by atoms with Crippen LogP contribution < -0.4 is 14.8 Å². The van der Waals surface area contributed by atoms with E-state index >= 15 is 0 Å². The highest BCUT2D eigenvalue weighted by molar-refractivity contribution is 6.01. The summed E-state index contributed by atoms with van der Waals surface area (Å²) in [6.45, 7) is 6.71. The maximum absolute atomic E-state index is 10.7. The molecule has 5 heteroatoms. The first-order chi connectivity index (χ1) is 13.0. The zero-order chi connectivity index (χ0) is 19.4. The number of hydrogen-bond donors (Lipinski definition) is 2. The molecule has 1 heterocycles. The van der Waals surface area contributed by atoms with Crippen LogP contribution in [-0.4, -0.2) is 30.7 Å². The topological polar surface area (TPSA) is 63.1 Å². The Bertz CT molecular complexity index is 817. The molecular weight excluding hydrogens is 340 g/mol. The van der Waals surface area contributed by atoms with Crippen molar-refractivity contribution in [3.05, 3.63) is 53.6 Å². The number of nitrogens with one attached hydrogen (secondary N) is 1. The minimum atomic E-state index is -0.0449. The number of benzene rings is 2. The number of aromatic hydroxyl groups is 1. The SMILES string of the molecule is CCOc1cccc([C@H]2CC(c3cccc(OC)c3)=N[C@H](C(C)C)N2)c1O. The van der Waals surface area contributed by atoms with Crippen molar-refractivity contribution in [2.45, 2.75) is 39.4 Å². The number of phenolic OH excluding ortho intramolecular Hbond substituents is 1. The van der Waals surface area contributed by atoms with Crippen LogP contribution in [-0.2, 0) is 0 Å². The number of ether oxygens (including phenoxy) is 2. The Labute approximate surface area is 161 Å². The van der Waals surface area contributed by atoms with Crippen molar-refractivity contribution in [1.29, 1.82) is 0 Å². The summed E-state index contributed by atoms with van der Waals surface area (Å²) in [5, 5.41) is 14.3. The monoisotopic (exact) mass is 368 g/mol. The summed E-state index contributed by atoms with van der Waals surface area (Å²) in [4.78, 5) is 4.93. The van der Waals surface area contributed by atoms with Gasteiger partial charge in [-0.15, -0.1) is 0 Å². The molecule has 0 amide bonds. The van der Waals surface area contributed by atoms with E-state index in [1.54, 1.807) is 13.2 Å². The zero-order valence-corrected chi connectivity index (χ0v) is 16.4. The molecule has 1 aliphatic heterocycles. The van der Waals surface area contributed by atoms with Gasteiger partial charge in [-0.2, -0.15) is 0 Å². The van der Waals surface area contributed by atoms with Gasteiger partial charge in [0.05, 0.1) is 13.7 Å². The number of para-hydroxylation sites is 1. The summed E-state index contributed by atoms with van der Waals surface area (Å²) in [7, 11) is 1.67. The molecule has 0 saturated carbocycles. The standard InChI is InChI=1S/C22H28N2O3/c1-5-27-20-11-7-10-17(21(20)25)19-13-18(23-22(24-19)14(2)3)15-8-6-9-16(12-15)26-4/h6-12,14,19,22,24-25H,5,13H2,1-4H3/t19-,22+/m1/s1. The number of phenols is 1. The Kier molecular flexibility index (Phi) is 6.01. The van der Waals surface area contributed by atoms with E-state index in [4.69, 9.17) is 14.5 Å². The highest BCUT2D eigenvalue weighted by Crippen LogP contribution is 2.37. The second kappa shape index (κ2) is 8.44. The molecule has 0 saturated heterocycles. The van der Waals surface area contributed by atoms with E-state index in [1.165, 1.54) is 0 Å². The van der Waals surface area contributed by atoms with E-state index in [0.29, 0.717) is 24.7 Å². The zero-order valence-electron chi connectivity index (χ0n) is 16.4. The van der Waals surface area contributed by atoms with Crippen LogP contribution in [0.1, 0.15) is 44.4 Å². The van der Waals surface area contributed by atoms with Crippen LogP contribution in [0, 0.1) is 5.92 Å². The minimum Gasteiger partial charge on any atom is -0.504 e. The van der Waals surface area contributed by atoms with Gasteiger partial charge in [-0.25, -0.2) is 0 Å². The molecule has 2 atom stereocenters. The second-order valence-corrected chi connectivity index (χ2v) is 7.05. The maximum Gasteiger partial charge on any atom is 0.162 e. The van der Waals surface area contributed by atoms with Crippen molar-refractivity contribution >= 4 is 5.71 Å². The van der Waals surface area contributed by atoms with Crippen molar-refractivity contribution < 1.29 is 14.6 Å². The van der Waals surface area contributed by atoms with Gasteiger partial charge in [0.2, 0.25) is 0 Å². The maximum atomic E-state index is 10.7. The Morgan fingerprint density at radius 1 is 1.22 bits per heavy atom. The summed E-state index contributed by atoms with van der Waals surface area (Å²) in [5.74, 6) is 1.85. The van der Waals surface area contributed by atoms with Crippen LogP contribution in [0.3, 0.4) is 0 Å². The summed E-state index contributed by atoms with van der Waals surface area (Å²) in [5.41, 5.74) is 2.89. The van der Waals surface area contributed by atoms with Crippen LogP contribution in [0.25, 0.3) is 0 Å². The molecule has 1 aliphatic rings. The molecule has 0 radical (unpaired) electrons. The molecule has 5 nitrogen and oxygen atoms in total. The third-order valence-electron chi connectivity index (χ3n) is 4.80. The van der Waals surface area contributed by atoms with E-state index in [2.05, 4.69) is 25.2 Å². The van der Waals surface area contributed by atoms with Gasteiger partial charge < -0.3 is 14.6 Å². The van der Waals surface area contributed by atoms with E-state index in [-0.39, 0.29) is 18.0 Å². The molecule has 0 aliphatic carbocycles. The molecule has 2 N–H and O–H groups in total. The number of aliphatic imine (C=N–C) groups is 1. The number of hydrogen-bond acceptors (Lipinski definition) is 5. The fraction of sp³-hybridized carbons (Fsp3) is 0.409. The third kappa shape index (κ3) is 4.25. The smallest absolute Gasteiger partial charge is 0.162 e. The van der Waals surface area contributed by atoms with E-state index in [0.717, 1.165) is 22.6 Å². The predicted molar refractivity (Wildman–Crippen MR) is 108 cm³/mol. The molecule has 0 fully saturated rings. The molecular formula is C22H28N2O3. The average Bonchev–Trinajstić information content (AvgIpc) is 2.69. The fourth-order valence-corrected chi connectivity index (χ4v) is 3.34. The third-order valence-corrected chi connectivity index (χ3v) is 4.80. The van der Waals surface area contributed by atoms with Gasteiger partial charge in [0.15, 0.2) is 11.5 Å². The van der Waals surface area contributed by atoms with E-state index in [1.807, 2.05) is 37.3 Å². The largest absolute Gasteiger partial charge is 0.504 e. The van der Waals surface area contributed by atoms with E-state index < -0.39 is 0 Å². The van der Waals surface area contributed by atoms with Gasteiger partial charge in [0.1, 0.15) is 11.9 Å². The van der Waals surface area contributed by atoms with Crippen molar-refractivity contribution in [3.8, 4) is 17.2 Å². The van der Waals surface area contributed by atoms with Crippen molar-refractivity contribution in [1.82, 2.24) is 5.32 Å². The van der Waals surface area contributed by atoms with Gasteiger partial charge in [-0.3, -0.25) is 10.3 Å². The normalized spacial score (nSPS) is 19.7. The van der Waals surface area contributed by atoms with Crippen molar-refractivity contribution in [3.63, 3.8) is 0 Å². The van der Waals surface area contributed by atoms with Crippen molar-refractivity contribution in [2.24, 2.45) is 10.9 Å². The summed E-state index contributed by atoms with van der Waals surface area (Å²) in [6, 6.07) is 13.6. The second-order valence-electron chi connectivity index (χ2n) is 7.05. The quantitative estimate of drug-likeness (QED) is 0.798. The van der Waals surface area contributed by atoms with Crippen LogP contribution in [0.15, 0.2) is 47.5 Å². The summed E-state index contributed by atoms with van der Waals surface area (Å²) < 4.78 is 10.9. The molecule has 0 unspecified atom stereocenters. The molecule has 0 bridgehead atoms. The Morgan fingerprint density at radius 2 is 2.00 bits per heavy atom. The Morgan fingerprint density at radius 3 is 2.70 bits per heavy atom. The van der Waals surface area contributed by atoms with Crippen LogP contribution >= 0.6 is 0 Å². The molecule has 2 aromatic carbocycles. The highest BCUT2D eigenvalue weighted by atomic mass is 16.5. The summed E-state index contributed by atoms with van der Waals surface area (Å²) >= 11 is 0. The lowest BCUT2D eigenvalue weighted by molar-refractivity contribution is 0.309. The highest BCUT2D eigenvalue weighted by Gasteiger charge is 2.29. The Balaban J connectivity index is 1.97. The number of methoxy groups -OCH3 is 1. The summed E-state index contributed by atoms with van der Waals surface area (Å²) in [6.07, 6.45) is 0.652. The Hall–Kier alpha value is -2.53. The predicted octanol–water partition coefficient (Wildman–Crippen LogP) is 4.31. The lowest BCUT2D eigenvalue weighted by Crippen LogP contribution is -2.41. The molecule has 0 spiro atoms. The number of rotatable bonds is 6. The first kappa shape index (κ1) is 19.2. The molecule has 0 aromatic heterocycles. The molecule has 27 heavy (non-hydrogen) atoms. The van der Waals surface area contributed by atoms with Crippen LogP contribution in [0.2, 0.25) is 0 Å². The van der Waals surface area contributed by atoms with Gasteiger partial charge in [-0.1, -0.05) is 38.1 Å². The first-order valence-electron chi connectivity index (χ1n) is 9.45. The van der Waals surface area contributed by atoms with Gasteiger partial charge in [-0.05, 0) is 36.6 Å². The lowest BCUT2D eigenvalue weighted by Gasteiger charge is -2.32. The van der Waals surface area contributed by atoms with Gasteiger partial charge in [0, 0.05) is 23.7 Å². The van der Waals surface area contributed by atoms with Gasteiger partial charge in [0.25, 0.3) is 0 Å². The minimum absolute atomic E-state index is 0.0277. The molecule has 144 valence electrons. The molecule has 2 aromatic rings. The van der Waals surface area contributed by atoms with Crippen molar-refractivity contribution in [2.75, 3.05) is 13.7 Å². The van der Waals surface area contributed by atoms with Crippen LogP contribution in [0.5, 0.6) is 17.2 Å². The molecule has 3 rings (SSSR count). The lowest BCUT2D eigenvalue weighted by atomic mass is 9.92. The van der Waals surface area contributed by atoms with Gasteiger partial charge >= 0.3 is 0 Å². The average molecular weight is 368 g/mol. The number of nitrogens with zero attached hydrogens (tertiary/aromatic N) is 1. The fourth-order valence-electron chi connectivity index (χ4n) is 3.34.